The minimum Gasteiger partial charge on any atom is -0.481 e. The zero-order valence-corrected chi connectivity index (χ0v) is 12.3. The summed E-state index contributed by atoms with van der Waals surface area (Å²) in [4.78, 5) is 13.2. The van der Waals surface area contributed by atoms with Crippen LogP contribution in [0.1, 0.15) is 25.5 Å². The van der Waals surface area contributed by atoms with Crippen molar-refractivity contribution in [3.05, 3.63) is 29.8 Å². The van der Waals surface area contributed by atoms with E-state index in [1.165, 1.54) is 12.1 Å². The topological polar surface area (TPSA) is 49.8 Å². The van der Waals surface area contributed by atoms with Crippen LogP contribution in [0.4, 0.5) is 13.2 Å². The Hall–Kier alpha value is -1.76. The number of nitrogens with zero attached hydrogens (tertiary/aromatic N) is 1. The molecule has 1 N–H and O–H groups in total. The number of carboxylic acids is 1. The molecule has 0 aliphatic carbocycles. The van der Waals surface area contributed by atoms with Gasteiger partial charge in [-0.3, -0.25) is 9.69 Å². The van der Waals surface area contributed by atoms with Gasteiger partial charge in [0.1, 0.15) is 5.75 Å². The van der Waals surface area contributed by atoms with Crippen molar-refractivity contribution in [2.75, 3.05) is 13.1 Å². The van der Waals surface area contributed by atoms with Gasteiger partial charge in [-0.05, 0) is 30.5 Å². The third-order valence-electron chi connectivity index (χ3n) is 4.10. The first-order chi connectivity index (χ1) is 10.2. The summed E-state index contributed by atoms with van der Waals surface area (Å²) in [6.45, 7) is 4.90. The van der Waals surface area contributed by atoms with Crippen molar-refractivity contribution in [1.82, 2.24) is 4.90 Å². The van der Waals surface area contributed by atoms with Crippen molar-refractivity contribution in [2.45, 2.75) is 26.3 Å². The molecule has 1 aromatic rings. The fourth-order valence-electron chi connectivity index (χ4n) is 2.80. The van der Waals surface area contributed by atoms with Crippen LogP contribution >= 0.6 is 0 Å². The number of alkyl halides is 3. The average Bonchev–Trinajstić information content (AvgIpc) is 2.79. The van der Waals surface area contributed by atoms with Gasteiger partial charge in [0, 0.05) is 19.1 Å². The highest BCUT2D eigenvalue weighted by Gasteiger charge is 2.37. The Bertz CT molecular complexity index is 530. The zero-order valence-electron chi connectivity index (χ0n) is 12.3. The summed E-state index contributed by atoms with van der Waals surface area (Å²) < 4.78 is 40.2. The molecule has 0 aromatic heterocycles. The van der Waals surface area contributed by atoms with Crippen molar-refractivity contribution in [3.8, 4) is 5.75 Å². The molecule has 0 spiro atoms. The van der Waals surface area contributed by atoms with Gasteiger partial charge in [-0.1, -0.05) is 19.1 Å². The molecule has 122 valence electrons. The van der Waals surface area contributed by atoms with Crippen LogP contribution in [0.3, 0.4) is 0 Å². The third-order valence-corrected chi connectivity index (χ3v) is 4.10. The Kier molecular flexibility index (Phi) is 4.65. The van der Waals surface area contributed by atoms with E-state index in [1.54, 1.807) is 12.1 Å². The fourth-order valence-corrected chi connectivity index (χ4v) is 2.80. The van der Waals surface area contributed by atoms with Crippen LogP contribution in [0.2, 0.25) is 0 Å². The molecule has 0 saturated carbocycles. The van der Waals surface area contributed by atoms with E-state index >= 15 is 0 Å². The molecule has 1 aromatic carbocycles. The molecule has 1 saturated heterocycles. The Morgan fingerprint density at radius 3 is 2.36 bits per heavy atom. The molecule has 3 atom stereocenters. The molecule has 1 aliphatic heterocycles. The molecule has 0 amide bonds. The number of aliphatic carboxylic acids is 1. The number of carboxylic acid groups (broad SMARTS) is 1. The van der Waals surface area contributed by atoms with Gasteiger partial charge in [0.2, 0.25) is 0 Å². The Labute approximate surface area is 126 Å². The van der Waals surface area contributed by atoms with E-state index in [-0.39, 0.29) is 17.7 Å². The van der Waals surface area contributed by atoms with Crippen LogP contribution in [0.5, 0.6) is 5.75 Å². The normalized spacial score (nSPS) is 24.2. The fraction of sp³-hybridized carbons (Fsp3) is 0.533. The molecule has 7 heteroatoms. The van der Waals surface area contributed by atoms with Crippen LogP contribution in [-0.2, 0) is 4.79 Å². The lowest BCUT2D eigenvalue weighted by atomic mass is 9.99. The van der Waals surface area contributed by atoms with Gasteiger partial charge in [-0.2, -0.15) is 0 Å². The van der Waals surface area contributed by atoms with Gasteiger partial charge in [0.15, 0.2) is 0 Å². The number of carbonyl (C=O) groups is 1. The van der Waals surface area contributed by atoms with Gasteiger partial charge >= 0.3 is 12.3 Å². The van der Waals surface area contributed by atoms with E-state index in [4.69, 9.17) is 5.11 Å². The molecular weight excluding hydrogens is 299 g/mol. The molecule has 0 bridgehead atoms. The maximum absolute atomic E-state index is 12.1. The molecule has 2 rings (SSSR count). The van der Waals surface area contributed by atoms with E-state index in [0.717, 1.165) is 5.56 Å². The van der Waals surface area contributed by atoms with E-state index < -0.39 is 18.2 Å². The van der Waals surface area contributed by atoms with E-state index in [2.05, 4.69) is 4.74 Å². The summed E-state index contributed by atoms with van der Waals surface area (Å²) in [7, 11) is 0. The molecule has 1 heterocycles. The maximum Gasteiger partial charge on any atom is 0.573 e. The average molecular weight is 317 g/mol. The standard InChI is InChI=1S/C15H18F3NO3/c1-9-7-19(8-13(9)14(20)21)10(2)11-3-5-12(6-4-11)22-15(16,17)18/h3-6,9-10,13H,7-8H2,1-2H3,(H,20,21)/t9-,10?,13-/m1/s1. The Morgan fingerprint density at radius 1 is 1.32 bits per heavy atom. The van der Waals surface area contributed by atoms with Gasteiger partial charge in [-0.15, -0.1) is 13.2 Å². The number of halogens is 3. The highest BCUT2D eigenvalue weighted by molar-refractivity contribution is 5.71. The van der Waals surface area contributed by atoms with Crippen LogP contribution in [-0.4, -0.2) is 35.4 Å². The summed E-state index contributed by atoms with van der Waals surface area (Å²) >= 11 is 0. The van der Waals surface area contributed by atoms with E-state index in [0.29, 0.717) is 13.1 Å². The number of likely N-dealkylation sites (tertiary alicyclic amines) is 1. The number of hydrogen-bond donors (Lipinski definition) is 1. The minimum atomic E-state index is -4.70. The molecule has 0 radical (unpaired) electrons. The lowest BCUT2D eigenvalue weighted by Crippen LogP contribution is -2.26. The predicted octanol–water partition coefficient (Wildman–Crippen LogP) is 3.30. The van der Waals surface area contributed by atoms with Crippen LogP contribution in [0.25, 0.3) is 0 Å². The SMILES string of the molecule is CC(c1ccc(OC(F)(F)F)cc1)N1C[C@@H](C)[C@H](C(=O)O)C1. The second kappa shape index (κ2) is 6.16. The van der Waals surface area contributed by atoms with Gasteiger partial charge < -0.3 is 9.84 Å². The smallest absolute Gasteiger partial charge is 0.481 e. The number of rotatable bonds is 4. The Morgan fingerprint density at radius 2 is 1.91 bits per heavy atom. The molecule has 1 unspecified atom stereocenters. The minimum absolute atomic E-state index is 0.0489. The first-order valence-electron chi connectivity index (χ1n) is 7.00. The molecule has 4 nitrogen and oxygen atoms in total. The quantitative estimate of drug-likeness (QED) is 0.926. The van der Waals surface area contributed by atoms with Crippen molar-refractivity contribution >= 4 is 5.97 Å². The second-order valence-electron chi connectivity index (χ2n) is 5.67. The third kappa shape index (κ3) is 3.91. The summed E-state index contributed by atoms with van der Waals surface area (Å²) in [6, 6.07) is 5.63. The van der Waals surface area contributed by atoms with Crippen molar-refractivity contribution in [2.24, 2.45) is 11.8 Å². The summed E-state index contributed by atoms with van der Waals surface area (Å²) in [5, 5.41) is 9.15. The molecule has 1 aliphatic rings. The molecule has 1 fully saturated rings. The van der Waals surface area contributed by atoms with Crippen LogP contribution < -0.4 is 4.74 Å². The monoisotopic (exact) mass is 317 g/mol. The number of benzene rings is 1. The summed E-state index contributed by atoms with van der Waals surface area (Å²) in [6.07, 6.45) is -4.70. The zero-order chi connectivity index (χ0) is 16.5. The van der Waals surface area contributed by atoms with Crippen molar-refractivity contribution < 1.29 is 27.8 Å². The van der Waals surface area contributed by atoms with Crippen LogP contribution in [0.15, 0.2) is 24.3 Å². The molecule has 22 heavy (non-hydrogen) atoms. The highest BCUT2D eigenvalue weighted by Crippen LogP contribution is 2.32. The predicted molar refractivity (Wildman–Crippen MR) is 73.4 cm³/mol. The van der Waals surface area contributed by atoms with Gasteiger partial charge in [0.05, 0.1) is 5.92 Å². The number of hydrogen-bond acceptors (Lipinski definition) is 3. The lowest BCUT2D eigenvalue weighted by molar-refractivity contribution is -0.274. The maximum atomic E-state index is 12.1. The van der Waals surface area contributed by atoms with E-state index in [9.17, 15) is 18.0 Å². The van der Waals surface area contributed by atoms with E-state index in [1.807, 2.05) is 18.7 Å². The van der Waals surface area contributed by atoms with Crippen molar-refractivity contribution in [3.63, 3.8) is 0 Å². The lowest BCUT2D eigenvalue weighted by Gasteiger charge is -2.24. The largest absolute Gasteiger partial charge is 0.573 e. The Balaban J connectivity index is 2.04. The van der Waals surface area contributed by atoms with Gasteiger partial charge in [-0.25, -0.2) is 0 Å². The highest BCUT2D eigenvalue weighted by atomic mass is 19.4. The first-order valence-corrected chi connectivity index (χ1v) is 7.00. The molecular formula is C15H18F3NO3. The first kappa shape index (κ1) is 16.6. The van der Waals surface area contributed by atoms with Crippen LogP contribution in [0, 0.1) is 11.8 Å². The summed E-state index contributed by atoms with van der Waals surface area (Å²) in [5.74, 6) is -1.43. The van der Waals surface area contributed by atoms with Gasteiger partial charge in [0.25, 0.3) is 0 Å². The number of ether oxygens (including phenoxy) is 1. The second-order valence-corrected chi connectivity index (χ2v) is 5.67. The van der Waals surface area contributed by atoms with Crippen molar-refractivity contribution in [1.29, 1.82) is 0 Å². The summed E-state index contributed by atoms with van der Waals surface area (Å²) in [5.41, 5.74) is 0.827.